The van der Waals surface area contributed by atoms with Crippen molar-refractivity contribution in [2.75, 3.05) is 5.32 Å². The van der Waals surface area contributed by atoms with Gasteiger partial charge in [0.2, 0.25) is 5.91 Å². The van der Waals surface area contributed by atoms with Crippen LogP contribution in [0.4, 0.5) is 5.69 Å². The Morgan fingerprint density at radius 3 is 2.64 bits per heavy atom. The van der Waals surface area contributed by atoms with Gasteiger partial charge in [0, 0.05) is 12.1 Å². The van der Waals surface area contributed by atoms with E-state index in [9.17, 15) is 4.79 Å². The highest BCUT2D eigenvalue weighted by Crippen LogP contribution is 2.27. The molecule has 0 radical (unpaired) electrons. The summed E-state index contributed by atoms with van der Waals surface area (Å²) >= 11 is 0. The third kappa shape index (κ3) is 4.31. The van der Waals surface area contributed by atoms with Crippen molar-refractivity contribution >= 4 is 11.6 Å². The predicted octanol–water partition coefficient (Wildman–Crippen LogP) is 5.00. The highest BCUT2D eigenvalue weighted by Gasteiger charge is 2.22. The first-order valence-corrected chi connectivity index (χ1v) is 9.52. The van der Waals surface area contributed by atoms with E-state index in [2.05, 4.69) is 34.7 Å². The summed E-state index contributed by atoms with van der Waals surface area (Å²) in [5, 5.41) is 6.50. The van der Waals surface area contributed by atoms with E-state index in [4.69, 9.17) is 4.74 Å². The number of amides is 1. The van der Waals surface area contributed by atoms with E-state index in [1.165, 1.54) is 0 Å². The number of hydrogen-bond donors (Lipinski definition) is 2. The summed E-state index contributed by atoms with van der Waals surface area (Å²) in [6, 6.07) is 21.9. The number of pyridine rings is 1. The summed E-state index contributed by atoms with van der Waals surface area (Å²) < 4.78 is 5.80. The maximum Gasteiger partial charge on any atom is 0.220 e. The molecule has 1 fully saturated rings. The van der Waals surface area contributed by atoms with Crippen molar-refractivity contribution in [3.05, 3.63) is 84.2 Å². The molecule has 1 aromatic heterocycles. The molecule has 1 amide bonds. The highest BCUT2D eigenvalue weighted by atomic mass is 16.5. The molecule has 1 saturated heterocycles. The normalized spacial score (nSPS) is 17.0. The Labute approximate surface area is 164 Å². The summed E-state index contributed by atoms with van der Waals surface area (Å²) in [7, 11) is 0. The number of rotatable bonds is 6. The first kappa shape index (κ1) is 18.0. The molecule has 2 unspecified atom stereocenters. The lowest BCUT2D eigenvalue weighted by atomic mass is 10.0. The van der Waals surface area contributed by atoms with Gasteiger partial charge in [-0.3, -0.25) is 9.78 Å². The molecule has 0 bridgehead atoms. The SMILES string of the molecule is CC(Nc1cccc(C2CCC(=O)N2)c1)c1ccc(Oc2ccccc2)cn1. The molecule has 4 rings (SSSR count). The maximum atomic E-state index is 11.5. The van der Waals surface area contributed by atoms with Crippen LogP contribution in [0.25, 0.3) is 0 Å². The van der Waals surface area contributed by atoms with Crippen molar-refractivity contribution in [1.82, 2.24) is 10.3 Å². The second kappa shape index (κ2) is 8.13. The number of carbonyl (C=O) groups is 1. The van der Waals surface area contributed by atoms with Crippen LogP contribution >= 0.6 is 0 Å². The van der Waals surface area contributed by atoms with Crippen LogP contribution in [-0.4, -0.2) is 10.9 Å². The number of benzene rings is 2. The minimum Gasteiger partial charge on any atom is -0.456 e. The fourth-order valence-electron chi connectivity index (χ4n) is 3.37. The van der Waals surface area contributed by atoms with E-state index in [0.717, 1.165) is 29.1 Å². The molecule has 142 valence electrons. The van der Waals surface area contributed by atoms with Gasteiger partial charge in [-0.2, -0.15) is 0 Å². The number of para-hydroxylation sites is 1. The minimum atomic E-state index is 0.0409. The fraction of sp³-hybridized carbons (Fsp3) is 0.217. The molecule has 28 heavy (non-hydrogen) atoms. The highest BCUT2D eigenvalue weighted by molar-refractivity contribution is 5.78. The van der Waals surface area contributed by atoms with Crippen molar-refractivity contribution in [2.24, 2.45) is 0 Å². The number of ether oxygens (including phenoxy) is 1. The molecule has 5 nitrogen and oxygen atoms in total. The van der Waals surface area contributed by atoms with Crippen LogP contribution in [0.2, 0.25) is 0 Å². The Hall–Kier alpha value is -3.34. The lowest BCUT2D eigenvalue weighted by molar-refractivity contribution is -0.119. The van der Waals surface area contributed by atoms with Gasteiger partial charge in [0.05, 0.1) is 24.0 Å². The van der Waals surface area contributed by atoms with E-state index < -0.39 is 0 Å². The fourth-order valence-corrected chi connectivity index (χ4v) is 3.37. The molecule has 2 aromatic carbocycles. The van der Waals surface area contributed by atoms with Crippen molar-refractivity contribution in [3.8, 4) is 11.5 Å². The monoisotopic (exact) mass is 373 g/mol. The third-order valence-corrected chi connectivity index (χ3v) is 4.85. The second-order valence-electron chi connectivity index (χ2n) is 6.98. The van der Waals surface area contributed by atoms with Gasteiger partial charge in [0.25, 0.3) is 0 Å². The average Bonchev–Trinajstić information content (AvgIpc) is 3.16. The van der Waals surface area contributed by atoms with Crippen LogP contribution in [0, 0.1) is 0 Å². The van der Waals surface area contributed by atoms with E-state index in [1.54, 1.807) is 6.20 Å². The zero-order chi connectivity index (χ0) is 19.3. The summed E-state index contributed by atoms with van der Waals surface area (Å²) in [6.45, 7) is 2.07. The lowest BCUT2D eigenvalue weighted by Crippen LogP contribution is -2.18. The predicted molar refractivity (Wildman–Crippen MR) is 109 cm³/mol. The number of carbonyl (C=O) groups excluding carboxylic acids is 1. The Kier molecular flexibility index (Phi) is 5.24. The average molecular weight is 373 g/mol. The number of nitrogens with zero attached hydrogens (tertiary/aromatic N) is 1. The largest absolute Gasteiger partial charge is 0.456 e. The molecule has 0 aliphatic carbocycles. The summed E-state index contributed by atoms with van der Waals surface area (Å²) in [4.78, 5) is 16.0. The van der Waals surface area contributed by atoms with Gasteiger partial charge in [0.15, 0.2) is 0 Å². The molecular weight excluding hydrogens is 350 g/mol. The molecule has 0 saturated carbocycles. The summed E-state index contributed by atoms with van der Waals surface area (Å²) in [5.74, 6) is 1.62. The van der Waals surface area contributed by atoms with Gasteiger partial charge in [-0.05, 0) is 55.3 Å². The number of aromatic nitrogens is 1. The van der Waals surface area contributed by atoms with Gasteiger partial charge in [-0.1, -0.05) is 30.3 Å². The van der Waals surface area contributed by atoms with E-state index >= 15 is 0 Å². The molecule has 5 heteroatoms. The molecule has 3 aromatic rings. The van der Waals surface area contributed by atoms with E-state index in [0.29, 0.717) is 12.2 Å². The van der Waals surface area contributed by atoms with Crippen LogP contribution in [0.5, 0.6) is 11.5 Å². The van der Waals surface area contributed by atoms with Gasteiger partial charge < -0.3 is 15.4 Å². The van der Waals surface area contributed by atoms with Crippen molar-refractivity contribution in [3.63, 3.8) is 0 Å². The Bertz CT molecular complexity index is 942. The van der Waals surface area contributed by atoms with E-state index in [1.807, 2.05) is 54.6 Å². The molecule has 2 atom stereocenters. The third-order valence-electron chi connectivity index (χ3n) is 4.85. The quantitative estimate of drug-likeness (QED) is 0.638. The number of hydrogen-bond acceptors (Lipinski definition) is 4. The Morgan fingerprint density at radius 1 is 1.07 bits per heavy atom. The first-order chi connectivity index (χ1) is 13.7. The Balaban J connectivity index is 1.41. The number of nitrogens with one attached hydrogen (secondary N) is 2. The summed E-state index contributed by atoms with van der Waals surface area (Å²) in [6.07, 6.45) is 3.19. The molecule has 1 aliphatic rings. The van der Waals surface area contributed by atoms with Crippen molar-refractivity contribution < 1.29 is 9.53 Å². The Morgan fingerprint density at radius 2 is 1.93 bits per heavy atom. The standard InChI is InChI=1S/C23H23N3O2/c1-16(21-11-10-20(15-24-21)28-19-8-3-2-4-9-19)25-18-7-5-6-17(14-18)22-12-13-23(27)26-22/h2-11,14-16,22,25H,12-13H2,1H3,(H,26,27). The topological polar surface area (TPSA) is 63.2 Å². The first-order valence-electron chi connectivity index (χ1n) is 9.52. The van der Waals surface area contributed by atoms with Crippen LogP contribution in [0.1, 0.15) is 43.1 Å². The van der Waals surface area contributed by atoms with E-state index in [-0.39, 0.29) is 18.0 Å². The van der Waals surface area contributed by atoms with Gasteiger partial charge in [-0.15, -0.1) is 0 Å². The van der Waals surface area contributed by atoms with Crippen LogP contribution in [0.15, 0.2) is 72.9 Å². The second-order valence-corrected chi connectivity index (χ2v) is 6.98. The molecule has 2 N–H and O–H groups in total. The van der Waals surface area contributed by atoms with Crippen LogP contribution in [0.3, 0.4) is 0 Å². The minimum absolute atomic E-state index is 0.0409. The molecule has 0 spiro atoms. The molecular formula is C23H23N3O2. The zero-order valence-corrected chi connectivity index (χ0v) is 15.8. The lowest BCUT2D eigenvalue weighted by Gasteiger charge is -2.17. The molecule has 1 aliphatic heterocycles. The maximum absolute atomic E-state index is 11.5. The summed E-state index contributed by atoms with van der Waals surface area (Å²) in [5.41, 5.74) is 3.07. The number of anilines is 1. The van der Waals surface area contributed by atoms with Crippen LogP contribution < -0.4 is 15.4 Å². The van der Waals surface area contributed by atoms with Gasteiger partial charge in [-0.25, -0.2) is 0 Å². The van der Waals surface area contributed by atoms with Crippen LogP contribution in [-0.2, 0) is 4.79 Å². The van der Waals surface area contributed by atoms with Gasteiger partial charge in [0.1, 0.15) is 11.5 Å². The van der Waals surface area contributed by atoms with Gasteiger partial charge >= 0.3 is 0 Å². The van der Waals surface area contributed by atoms with Crippen molar-refractivity contribution in [2.45, 2.75) is 31.8 Å². The molecule has 2 heterocycles. The smallest absolute Gasteiger partial charge is 0.220 e. The zero-order valence-electron chi connectivity index (χ0n) is 15.8. The van der Waals surface area contributed by atoms with Crippen molar-refractivity contribution in [1.29, 1.82) is 0 Å².